The molecule has 0 bridgehead atoms. The van der Waals surface area contributed by atoms with E-state index in [1.165, 1.54) is 0 Å². The van der Waals surface area contributed by atoms with Crippen LogP contribution in [0.25, 0.3) is 0 Å². The molecule has 0 aromatic heterocycles. The summed E-state index contributed by atoms with van der Waals surface area (Å²) in [5.74, 6) is 0. The Morgan fingerprint density at radius 2 is 0.714 bits per heavy atom. The molecule has 6 N–H and O–H groups in total. The van der Waals surface area contributed by atoms with Crippen molar-refractivity contribution >= 4 is 0 Å². The topological polar surface area (TPSA) is 261 Å². The van der Waals surface area contributed by atoms with Gasteiger partial charge in [-0.05, 0) is 0 Å². The van der Waals surface area contributed by atoms with Crippen LogP contribution < -0.4 is 0 Å². The maximum atomic E-state index is 8.58. The van der Waals surface area contributed by atoms with Crippen LogP contribution in [0.1, 0.15) is 0 Å². The Morgan fingerprint density at radius 3 is 0.714 bits per heavy atom. The first-order chi connectivity index (χ1) is 4.88. The molecule has 0 spiro atoms. The van der Waals surface area contributed by atoms with Crippen molar-refractivity contribution in [2.24, 2.45) is 0 Å². The van der Waals surface area contributed by atoms with Gasteiger partial charge in [0.1, 0.15) is 0 Å². The Morgan fingerprint density at radius 1 is 0.714 bits per heavy atom. The predicted molar refractivity (Wildman–Crippen MR) is 32.9 cm³/mol. The summed E-state index contributed by atoms with van der Waals surface area (Å²) in [4.78, 5) is 16.5. The average molecular weight is 448 g/mol. The van der Waals surface area contributed by atoms with Crippen molar-refractivity contribution in [1.29, 1.82) is 0 Å². The first-order valence-corrected chi connectivity index (χ1v) is 4.90. The third-order valence-corrected chi connectivity index (χ3v) is 0. The standard InChI is InChI=1S/2NO3.3H2O.2O.U/c2*2-1(3)4;;;;;;/h;;3*1H2;;;/q2*-1;;;;;;+2. The second-order valence-corrected chi connectivity index (χ2v) is 1.22. The van der Waals surface area contributed by atoms with Gasteiger partial charge in [-0.15, -0.1) is 0 Å². The fraction of sp³-hybridized carbons (Fsp3) is 0. The number of hydrogen-bond donors (Lipinski definition) is 0. The van der Waals surface area contributed by atoms with Gasteiger partial charge in [0.25, 0.3) is 0 Å². The Labute approximate surface area is 89.7 Å². The minimum atomic E-state index is -2.51. The molecule has 14 heteroatoms. The zero-order chi connectivity index (χ0) is 9.86. The molecule has 0 aliphatic carbocycles. The summed E-state index contributed by atoms with van der Waals surface area (Å²) in [5, 5.41) is 29.5. The van der Waals surface area contributed by atoms with Gasteiger partial charge in [-0.3, -0.25) is 0 Å². The van der Waals surface area contributed by atoms with Crippen molar-refractivity contribution in [3.05, 3.63) is 30.6 Å². The minimum absolute atomic E-state index is 0. The van der Waals surface area contributed by atoms with E-state index in [2.05, 4.69) is 0 Å². The van der Waals surface area contributed by atoms with Crippen LogP contribution in [0.15, 0.2) is 0 Å². The second kappa shape index (κ2) is 40.5. The van der Waals surface area contributed by atoms with Gasteiger partial charge in [-0.1, -0.05) is 0 Å². The molecule has 0 heterocycles. The molecule has 0 radical (unpaired) electrons. The molecular formula is H6N2O11U. The van der Waals surface area contributed by atoms with Crippen molar-refractivity contribution in [2.75, 3.05) is 0 Å². The number of rotatable bonds is 0. The van der Waals surface area contributed by atoms with Gasteiger partial charge in [0.15, 0.2) is 0 Å². The van der Waals surface area contributed by atoms with E-state index in [-0.39, 0.29) is 16.4 Å². The van der Waals surface area contributed by atoms with Crippen LogP contribution in [0.4, 0.5) is 0 Å². The van der Waals surface area contributed by atoms with Gasteiger partial charge in [0.2, 0.25) is 0 Å². The summed E-state index contributed by atoms with van der Waals surface area (Å²) in [7, 11) is 0. The van der Waals surface area contributed by atoms with E-state index in [1.54, 1.807) is 0 Å². The molecule has 0 saturated heterocycles. The summed E-state index contributed by atoms with van der Waals surface area (Å²) in [6.45, 7) is 0. The molecule has 13 nitrogen and oxygen atoms in total. The summed E-state index contributed by atoms with van der Waals surface area (Å²) in [6.07, 6.45) is 0. The van der Waals surface area contributed by atoms with Crippen molar-refractivity contribution in [3.8, 4) is 0 Å². The Balaban J connectivity index is -0.0000000156. The van der Waals surface area contributed by atoms with Crippen molar-refractivity contribution < 1.29 is 58.9 Å². The molecule has 0 aliphatic heterocycles. The summed E-state index contributed by atoms with van der Waals surface area (Å²) < 4.78 is 17.2. The maximum absolute atomic E-state index is 8.58. The van der Waals surface area contributed by atoms with Gasteiger partial charge < -0.3 is 47.1 Å². The third kappa shape index (κ3) is 945. The Bertz CT molecular complexity index is 125. The molecule has 0 rings (SSSR count). The van der Waals surface area contributed by atoms with E-state index in [1.807, 2.05) is 0 Å². The molecule has 14 heavy (non-hydrogen) atoms. The van der Waals surface area contributed by atoms with Crippen LogP contribution in [-0.2, 0) is 4.47 Å². The van der Waals surface area contributed by atoms with Crippen molar-refractivity contribution in [1.82, 2.24) is 0 Å². The van der Waals surface area contributed by atoms with Gasteiger partial charge in [0, 0.05) is 0 Å². The normalized spacial score (nSPS) is 4.00. The molecule has 0 amide bonds. The predicted octanol–water partition coefficient (Wildman–Crippen LogP) is -3.19. The first kappa shape index (κ1) is 38.3. The van der Waals surface area contributed by atoms with E-state index in [9.17, 15) is 0 Å². The van der Waals surface area contributed by atoms with Crippen molar-refractivity contribution in [3.63, 3.8) is 0 Å². The molecule has 0 atom stereocenters. The van der Waals surface area contributed by atoms with Gasteiger partial charge in [-0.2, -0.15) is 0 Å². The zero-order valence-corrected chi connectivity index (χ0v) is 10.3. The first-order valence-electron chi connectivity index (χ1n) is 1.50. The summed E-state index contributed by atoms with van der Waals surface area (Å²) in [5.41, 5.74) is 0. The SMILES string of the molecule is O.O.O.O=[N+]([O-])[O-].O=[N+]([O-])[O-].[O]=[U+2]=[O]. The van der Waals surface area contributed by atoms with E-state index < -0.39 is 38.0 Å². The number of hydrogen-bond acceptors (Lipinski definition) is 8. The molecule has 86 valence electrons. The fourth-order valence-corrected chi connectivity index (χ4v) is 0. The third-order valence-electron chi connectivity index (χ3n) is 0. The molecule has 0 fully saturated rings. The van der Waals surface area contributed by atoms with Crippen molar-refractivity contribution in [2.45, 2.75) is 0 Å². The molecule has 0 aliphatic rings. The van der Waals surface area contributed by atoms with E-state index in [4.69, 9.17) is 35.1 Å². The molecular weight excluding hydrogens is 442 g/mol. The fourth-order valence-electron chi connectivity index (χ4n) is 0. The molecule has 0 aromatic rings. The van der Waals surface area contributed by atoms with Gasteiger partial charge in [-0.25, -0.2) is 0 Å². The van der Waals surface area contributed by atoms with Gasteiger partial charge in [0.05, 0.1) is 10.2 Å². The quantitative estimate of drug-likeness (QED) is 0.268. The van der Waals surface area contributed by atoms with Crippen LogP contribution in [0, 0.1) is 58.5 Å². The molecule has 0 aromatic carbocycles. The zero-order valence-electron chi connectivity index (χ0n) is 6.16. The van der Waals surface area contributed by atoms with E-state index in [0.717, 1.165) is 0 Å². The van der Waals surface area contributed by atoms with Crippen LogP contribution in [0.2, 0.25) is 0 Å². The summed E-state index contributed by atoms with van der Waals surface area (Å²) in [6, 6.07) is 0. The van der Waals surface area contributed by atoms with Crippen LogP contribution in [-0.4, -0.2) is 26.6 Å². The monoisotopic (exact) mass is 448 g/mol. The number of nitrogens with zero attached hydrogens (tertiary/aromatic N) is 2. The average Bonchev–Trinajstić information content (AvgIpc) is 1.60. The van der Waals surface area contributed by atoms with Crippen LogP contribution in [0.3, 0.4) is 0 Å². The Hall–Kier alpha value is -1.07. The summed E-state index contributed by atoms with van der Waals surface area (Å²) >= 11 is -2.51. The Kier molecular flexibility index (Phi) is 111. The van der Waals surface area contributed by atoms with Crippen LogP contribution in [0.5, 0.6) is 0 Å². The molecule has 0 saturated carbocycles. The van der Waals surface area contributed by atoms with E-state index in [0.29, 0.717) is 0 Å². The van der Waals surface area contributed by atoms with E-state index >= 15 is 0 Å². The molecule has 0 unspecified atom stereocenters. The van der Waals surface area contributed by atoms with Gasteiger partial charge >= 0.3 is 32.3 Å². The van der Waals surface area contributed by atoms with Crippen LogP contribution >= 0.6 is 0 Å². The second-order valence-electron chi connectivity index (χ2n) is 0.531.